The zero-order valence-electron chi connectivity index (χ0n) is 13.9. The van der Waals surface area contributed by atoms with Crippen LogP contribution in [-0.2, 0) is 4.79 Å². The topological polar surface area (TPSA) is 67.0 Å². The van der Waals surface area contributed by atoms with Gasteiger partial charge in [0, 0.05) is 17.2 Å². The summed E-state index contributed by atoms with van der Waals surface area (Å²) in [5.41, 5.74) is 2.65. The second kappa shape index (κ2) is 7.53. The molecule has 0 bridgehead atoms. The Hall–Kier alpha value is -3.27. The molecule has 1 aromatic heterocycles. The van der Waals surface area contributed by atoms with Crippen LogP contribution in [0.5, 0.6) is 0 Å². The molecule has 1 N–H and O–H groups in total. The van der Waals surface area contributed by atoms with E-state index in [9.17, 15) is 4.79 Å². The first kappa shape index (κ1) is 16.6. The van der Waals surface area contributed by atoms with Gasteiger partial charge in [-0.3, -0.25) is 4.79 Å². The molecule has 1 heterocycles. The van der Waals surface area contributed by atoms with Crippen molar-refractivity contribution >= 4 is 17.6 Å². The smallest absolute Gasteiger partial charge is 0.220 e. The molecule has 0 amide bonds. The van der Waals surface area contributed by atoms with Crippen molar-refractivity contribution in [2.45, 2.75) is 13.3 Å². The van der Waals surface area contributed by atoms with E-state index in [2.05, 4.69) is 4.98 Å². The maximum atomic E-state index is 11.8. The molecule has 2 aromatic carbocycles. The quantitative estimate of drug-likeness (QED) is 0.509. The summed E-state index contributed by atoms with van der Waals surface area (Å²) in [6.07, 6.45) is 3.26. The molecule has 3 rings (SSSR count). The van der Waals surface area contributed by atoms with Crippen LogP contribution >= 0.6 is 0 Å². The maximum Gasteiger partial charge on any atom is 0.220 e. The van der Waals surface area contributed by atoms with Crippen molar-refractivity contribution in [2.24, 2.45) is 0 Å². The summed E-state index contributed by atoms with van der Waals surface area (Å²) in [6.45, 7) is 1.78. The van der Waals surface area contributed by atoms with Gasteiger partial charge in [-0.25, -0.2) is 4.98 Å². The fraction of sp³-hybridized carbons (Fsp3) is 0.0952. The highest BCUT2D eigenvalue weighted by molar-refractivity contribution is 6.43. The molecule has 0 radical (unpaired) electrons. The lowest BCUT2D eigenvalue weighted by Gasteiger charge is -2.00. The fourth-order valence-electron chi connectivity index (χ4n) is 2.41. The van der Waals surface area contributed by atoms with Crippen LogP contribution < -0.4 is 0 Å². The monoisotopic (exact) mass is 330 g/mol. The number of hydrogen-bond acceptors (Lipinski definition) is 4. The van der Waals surface area contributed by atoms with Crippen LogP contribution in [0.25, 0.3) is 28.7 Å². The second-order valence-corrected chi connectivity index (χ2v) is 5.49. The third-order valence-corrected chi connectivity index (χ3v) is 3.76. The van der Waals surface area contributed by atoms with Crippen LogP contribution in [0.1, 0.15) is 19.2 Å². The normalized spacial score (nSPS) is 10.9. The average Bonchev–Trinajstić information content (AvgIpc) is 3.11. The molecule has 0 aliphatic heterocycles. The molecular formula is C21H18N2O2. The summed E-state index contributed by atoms with van der Waals surface area (Å²) in [6, 6.07) is 19.5. The Morgan fingerprint density at radius 3 is 2.24 bits per heavy atom. The standard InChI is InChI=1S/C21H18N2O2/c1-2-17(22)18(24)13-14-19-23-20(15-9-5-3-6-10-15)21(25-19)16-11-7-4-8-12-16/h3-14,22H,2H2,1H3/b14-13+,22-17?. The zero-order valence-corrected chi connectivity index (χ0v) is 13.9. The highest BCUT2D eigenvalue weighted by Crippen LogP contribution is 2.32. The highest BCUT2D eigenvalue weighted by atomic mass is 16.4. The minimum absolute atomic E-state index is 0.0642. The fourth-order valence-corrected chi connectivity index (χ4v) is 2.41. The van der Waals surface area contributed by atoms with E-state index in [1.165, 1.54) is 12.2 Å². The Balaban J connectivity index is 2.02. The number of ketones is 1. The van der Waals surface area contributed by atoms with Crippen molar-refractivity contribution in [3.05, 3.63) is 72.6 Å². The molecule has 0 saturated carbocycles. The molecular weight excluding hydrogens is 312 g/mol. The van der Waals surface area contributed by atoms with E-state index in [0.717, 1.165) is 16.8 Å². The third-order valence-electron chi connectivity index (χ3n) is 3.76. The molecule has 124 valence electrons. The van der Waals surface area contributed by atoms with Gasteiger partial charge in [0.2, 0.25) is 5.89 Å². The summed E-state index contributed by atoms with van der Waals surface area (Å²) in [7, 11) is 0. The van der Waals surface area contributed by atoms with E-state index in [1.54, 1.807) is 6.92 Å². The lowest BCUT2D eigenvalue weighted by molar-refractivity contribution is -0.109. The van der Waals surface area contributed by atoms with Crippen LogP contribution in [0.3, 0.4) is 0 Å². The Morgan fingerprint density at radius 2 is 1.64 bits per heavy atom. The van der Waals surface area contributed by atoms with Gasteiger partial charge in [-0.2, -0.15) is 0 Å². The number of aromatic nitrogens is 1. The van der Waals surface area contributed by atoms with E-state index in [1.807, 2.05) is 60.7 Å². The summed E-state index contributed by atoms with van der Waals surface area (Å²) in [4.78, 5) is 16.3. The van der Waals surface area contributed by atoms with E-state index in [-0.39, 0.29) is 11.5 Å². The van der Waals surface area contributed by atoms with Gasteiger partial charge in [0.05, 0.1) is 5.71 Å². The molecule has 0 unspecified atom stereocenters. The molecule has 0 spiro atoms. The van der Waals surface area contributed by atoms with Gasteiger partial charge in [0.25, 0.3) is 0 Å². The number of carbonyl (C=O) groups excluding carboxylic acids is 1. The van der Waals surface area contributed by atoms with Crippen LogP contribution in [0.2, 0.25) is 0 Å². The van der Waals surface area contributed by atoms with E-state index >= 15 is 0 Å². The van der Waals surface area contributed by atoms with Crippen LogP contribution in [0, 0.1) is 5.41 Å². The number of oxazole rings is 1. The Bertz CT molecular complexity index is 853. The Labute approximate surface area is 146 Å². The molecule has 0 aliphatic rings. The number of benzene rings is 2. The molecule has 0 aliphatic carbocycles. The Morgan fingerprint density at radius 1 is 1.04 bits per heavy atom. The summed E-state index contributed by atoms with van der Waals surface area (Å²) < 4.78 is 5.90. The molecule has 25 heavy (non-hydrogen) atoms. The number of carbonyl (C=O) groups is 1. The molecule has 0 fully saturated rings. The molecule has 4 nitrogen and oxygen atoms in total. The Kier molecular flexibility index (Phi) is 5.00. The summed E-state index contributed by atoms with van der Waals surface area (Å²) in [5.74, 6) is 0.669. The molecule has 0 saturated heterocycles. The van der Waals surface area contributed by atoms with Crippen molar-refractivity contribution in [2.75, 3.05) is 0 Å². The number of nitrogens with zero attached hydrogens (tertiary/aromatic N) is 1. The largest absolute Gasteiger partial charge is 0.436 e. The number of allylic oxidation sites excluding steroid dienone is 1. The third kappa shape index (κ3) is 3.80. The predicted molar refractivity (Wildman–Crippen MR) is 99.4 cm³/mol. The van der Waals surface area contributed by atoms with Crippen molar-refractivity contribution < 1.29 is 9.21 Å². The highest BCUT2D eigenvalue weighted by Gasteiger charge is 2.15. The second-order valence-electron chi connectivity index (χ2n) is 5.49. The van der Waals surface area contributed by atoms with E-state index < -0.39 is 0 Å². The van der Waals surface area contributed by atoms with Crippen molar-refractivity contribution in [1.29, 1.82) is 5.41 Å². The van der Waals surface area contributed by atoms with Gasteiger partial charge in [0.15, 0.2) is 11.5 Å². The zero-order chi connectivity index (χ0) is 17.6. The number of hydrogen-bond donors (Lipinski definition) is 1. The number of rotatable bonds is 6. The van der Waals surface area contributed by atoms with Gasteiger partial charge in [-0.15, -0.1) is 0 Å². The first-order valence-electron chi connectivity index (χ1n) is 8.10. The molecule has 3 aromatic rings. The molecule has 0 atom stereocenters. The van der Waals surface area contributed by atoms with Crippen molar-refractivity contribution in [3.8, 4) is 22.6 Å². The van der Waals surface area contributed by atoms with Crippen molar-refractivity contribution in [1.82, 2.24) is 4.98 Å². The van der Waals surface area contributed by atoms with E-state index in [0.29, 0.717) is 18.1 Å². The minimum atomic E-state index is -0.330. The summed E-state index contributed by atoms with van der Waals surface area (Å²) in [5, 5.41) is 7.57. The van der Waals surface area contributed by atoms with Gasteiger partial charge in [-0.05, 0) is 12.5 Å². The van der Waals surface area contributed by atoms with Crippen LogP contribution in [-0.4, -0.2) is 16.5 Å². The van der Waals surface area contributed by atoms with Gasteiger partial charge in [0.1, 0.15) is 5.69 Å². The maximum absolute atomic E-state index is 11.8. The first-order valence-corrected chi connectivity index (χ1v) is 8.10. The minimum Gasteiger partial charge on any atom is -0.436 e. The lowest BCUT2D eigenvalue weighted by Crippen LogP contribution is -2.07. The number of nitrogens with one attached hydrogen (secondary N) is 1. The SMILES string of the molecule is CCC(=N)C(=O)/C=C/c1nc(-c2ccccc2)c(-c2ccccc2)o1. The predicted octanol–water partition coefficient (Wildman–Crippen LogP) is 5.02. The molecule has 4 heteroatoms. The van der Waals surface area contributed by atoms with Gasteiger partial charge >= 0.3 is 0 Å². The lowest BCUT2D eigenvalue weighted by atomic mass is 10.1. The van der Waals surface area contributed by atoms with E-state index in [4.69, 9.17) is 9.83 Å². The van der Waals surface area contributed by atoms with Gasteiger partial charge in [-0.1, -0.05) is 67.6 Å². The summed E-state index contributed by atoms with van der Waals surface area (Å²) >= 11 is 0. The van der Waals surface area contributed by atoms with Crippen LogP contribution in [0.4, 0.5) is 0 Å². The van der Waals surface area contributed by atoms with Crippen molar-refractivity contribution in [3.63, 3.8) is 0 Å². The van der Waals surface area contributed by atoms with Gasteiger partial charge < -0.3 is 9.83 Å². The van der Waals surface area contributed by atoms with Crippen LogP contribution in [0.15, 0.2) is 71.2 Å². The average molecular weight is 330 g/mol. The first-order chi connectivity index (χ1) is 12.2.